The van der Waals surface area contributed by atoms with Crippen LogP contribution >= 0.6 is 0 Å². The molecule has 0 radical (unpaired) electrons. The quantitative estimate of drug-likeness (QED) is 0.748. The third kappa shape index (κ3) is 1.60. The molecule has 14 heavy (non-hydrogen) atoms. The van der Waals surface area contributed by atoms with Crippen molar-refractivity contribution in [1.29, 1.82) is 0 Å². The fourth-order valence-electron chi connectivity index (χ4n) is 1.34. The van der Waals surface area contributed by atoms with E-state index in [2.05, 4.69) is 0 Å². The molecule has 0 atom stereocenters. The predicted molar refractivity (Wildman–Crippen MR) is 50.8 cm³/mol. The van der Waals surface area contributed by atoms with Gasteiger partial charge in [0.1, 0.15) is 0 Å². The highest BCUT2D eigenvalue weighted by Crippen LogP contribution is 2.41. The Bertz CT molecular complexity index is 308. The third-order valence-corrected chi connectivity index (χ3v) is 1.94. The lowest BCUT2D eigenvalue weighted by Gasteiger charge is -2.14. The standard InChI is InChI=1S/C10H13FO3/c1-6-5-7(11)9(13-3)10(14-4)8(6)12-2/h5H,1-4H3. The van der Waals surface area contributed by atoms with E-state index < -0.39 is 5.82 Å². The van der Waals surface area contributed by atoms with Gasteiger partial charge in [-0.05, 0) is 18.6 Å². The molecular weight excluding hydrogens is 187 g/mol. The Balaban J connectivity index is 3.43. The molecule has 3 nitrogen and oxygen atoms in total. The van der Waals surface area contributed by atoms with Gasteiger partial charge in [-0.25, -0.2) is 4.39 Å². The van der Waals surface area contributed by atoms with Crippen molar-refractivity contribution in [3.63, 3.8) is 0 Å². The molecule has 0 saturated carbocycles. The lowest BCUT2D eigenvalue weighted by atomic mass is 10.2. The van der Waals surface area contributed by atoms with Crippen molar-refractivity contribution in [1.82, 2.24) is 0 Å². The molecule has 1 aromatic rings. The van der Waals surface area contributed by atoms with Gasteiger partial charge in [0, 0.05) is 0 Å². The molecule has 0 unspecified atom stereocenters. The number of hydrogen-bond donors (Lipinski definition) is 0. The van der Waals surface area contributed by atoms with Crippen LogP contribution in [0.25, 0.3) is 0 Å². The number of hydrogen-bond acceptors (Lipinski definition) is 3. The van der Waals surface area contributed by atoms with E-state index in [0.717, 1.165) is 0 Å². The second kappa shape index (κ2) is 4.17. The Kier molecular flexibility index (Phi) is 3.17. The molecule has 0 amide bonds. The first-order valence-corrected chi connectivity index (χ1v) is 4.10. The van der Waals surface area contributed by atoms with Gasteiger partial charge < -0.3 is 14.2 Å². The maximum absolute atomic E-state index is 13.4. The van der Waals surface area contributed by atoms with E-state index in [9.17, 15) is 4.39 Å². The summed E-state index contributed by atoms with van der Waals surface area (Å²) < 4.78 is 28.4. The van der Waals surface area contributed by atoms with Gasteiger partial charge >= 0.3 is 0 Å². The topological polar surface area (TPSA) is 27.7 Å². The summed E-state index contributed by atoms with van der Waals surface area (Å²) in [6, 6.07) is 1.35. The van der Waals surface area contributed by atoms with Crippen LogP contribution in [0.4, 0.5) is 4.39 Å². The number of benzene rings is 1. The van der Waals surface area contributed by atoms with E-state index in [4.69, 9.17) is 14.2 Å². The first-order valence-electron chi connectivity index (χ1n) is 4.10. The molecule has 1 aromatic carbocycles. The fourth-order valence-corrected chi connectivity index (χ4v) is 1.34. The van der Waals surface area contributed by atoms with Gasteiger partial charge in [-0.2, -0.15) is 0 Å². The average Bonchev–Trinajstić information content (AvgIpc) is 2.16. The normalized spacial score (nSPS) is 9.79. The maximum atomic E-state index is 13.4. The highest BCUT2D eigenvalue weighted by Gasteiger charge is 2.18. The molecule has 1 rings (SSSR count). The summed E-state index contributed by atoms with van der Waals surface area (Å²) in [5.74, 6) is 0.385. The number of ether oxygens (including phenoxy) is 3. The minimum Gasteiger partial charge on any atom is -0.492 e. The van der Waals surface area contributed by atoms with E-state index in [1.165, 1.54) is 27.4 Å². The van der Waals surface area contributed by atoms with Gasteiger partial charge in [-0.3, -0.25) is 0 Å². The Morgan fingerprint density at radius 1 is 0.929 bits per heavy atom. The molecule has 0 aliphatic heterocycles. The summed E-state index contributed by atoms with van der Waals surface area (Å²) in [5, 5.41) is 0. The van der Waals surface area contributed by atoms with Gasteiger partial charge in [0.05, 0.1) is 21.3 Å². The zero-order valence-corrected chi connectivity index (χ0v) is 8.68. The zero-order chi connectivity index (χ0) is 10.7. The summed E-state index contributed by atoms with van der Waals surface area (Å²) in [6.07, 6.45) is 0. The molecule has 0 spiro atoms. The van der Waals surface area contributed by atoms with Gasteiger partial charge in [-0.1, -0.05) is 0 Å². The van der Waals surface area contributed by atoms with E-state index in [1.807, 2.05) is 0 Å². The van der Waals surface area contributed by atoms with Gasteiger partial charge in [0.15, 0.2) is 11.6 Å². The summed E-state index contributed by atoms with van der Waals surface area (Å²) in [5.41, 5.74) is 0.669. The Labute approximate surface area is 82.4 Å². The van der Waals surface area contributed by atoms with E-state index in [-0.39, 0.29) is 11.5 Å². The smallest absolute Gasteiger partial charge is 0.206 e. The number of methoxy groups -OCH3 is 3. The summed E-state index contributed by atoms with van der Waals surface area (Å²) >= 11 is 0. The summed E-state index contributed by atoms with van der Waals surface area (Å²) in [4.78, 5) is 0. The minimum absolute atomic E-state index is 0.0648. The molecule has 0 fully saturated rings. The molecule has 0 heterocycles. The molecule has 0 bridgehead atoms. The van der Waals surface area contributed by atoms with Crippen LogP contribution in [0.5, 0.6) is 17.2 Å². The minimum atomic E-state index is -0.456. The Morgan fingerprint density at radius 3 is 1.86 bits per heavy atom. The predicted octanol–water partition coefficient (Wildman–Crippen LogP) is 2.16. The van der Waals surface area contributed by atoms with Crippen LogP contribution in [0, 0.1) is 12.7 Å². The van der Waals surface area contributed by atoms with Crippen molar-refractivity contribution < 1.29 is 18.6 Å². The van der Waals surface area contributed by atoms with Crippen molar-refractivity contribution in [2.45, 2.75) is 6.92 Å². The molecule has 4 heteroatoms. The third-order valence-electron chi connectivity index (χ3n) is 1.94. The van der Waals surface area contributed by atoms with Crippen LogP contribution in [0.2, 0.25) is 0 Å². The number of halogens is 1. The first-order chi connectivity index (χ1) is 6.65. The van der Waals surface area contributed by atoms with Crippen molar-refractivity contribution in [2.75, 3.05) is 21.3 Å². The van der Waals surface area contributed by atoms with Crippen LogP contribution in [0.1, 0.15) is 5.56 Å². The Morgan fingerprint density at radius 2 is 1.43 bits per heavy atom. The molecule has 0 saturated heterocycles. The lowest BCUT2D eigenvalue weighted by Crippen LogP contribution is -1.99. The van der Waals surface area contributed by atoms with E-state index in [0.29, 0.717) is 11.3 Å². The lowest BCUT2D eigenvalue weighted by molar-refractivity contribution is 0.311. The largest absolute Gasteiger partial charge is 0.492 e. The van der Waals surface area contributed by atoms with E-state index >= 15 is 0 Å². The van der Waals surface area contributed by atoms with Gasteiger partial charge in [0.2, 0.25) is 11.5 Å². The number of rotatable bonds is 3. The van der Waals surface area contributed by atoms with Gasteiger partial charge in [-0.15, -0.1) is 0 Å². The number of aryl methyl sites for hydroxylation is 1. The van der Waals surface area contributed by atoms with Crippen LogP contribution < -0.4 is 14.2 Å². The fraction of sp³-hybridized carbons (Fsp3) is 0.400. The average molecular weight is 200 g/mol. The van der Waals surface area contributed by atoms with Gasteiger partial charge in [0.25, 0.3) is 0 Å². The second-order valence-electron chi connectivity index (χ2n) is 2.78. The Hall–Kier alpha value is -1.45. The summed E-state index contributed by atoms with van der Waals surface area (Å²) in [7, 11) is 4.33. The van der Waals surface area contributed by atoms with Crippen molar-refractivity contribution in [3.05, 3.63) is 17.4 Å². The second-order valence-corrected chi connectivity index (χ2v) is 2.78. The highest BCUT2D eigenvalue weighted by molar-refractivity contribution is 5.56. The molecule has 0 aliphatic rings. The van der Waals surface area contributed by atoms with Crippen molar-refractivity contribution in [3.8, 4) is 17.2 Å². The highest BCUT2D eigenvalue weighted by atomic mass is 19.1. The molecule has 0 aliphatic carbocycles. The molecule has 0 N–H and O–H groups in total. The van der Waals surface area contributed by atoms with Crippen LogP contribution in [-0.4, -0.2) is 21.3 Å². The van der Waals surface area contributed by atoms with Crippen LogP contribution in [-0.2, 0) is 0 Å². The maximum Gasteiger partial charge on any atom is 0.206 e. The molecule has 78 valence electrons. The monoisotopic (exact) mass is 200 g/mol. The SMILES string of the molecule is COc1c(C)cc(F)c(OC)c1OC. The first kappa shape index (κ1) is 10.6. The summed E-state index contributed by atoms with van der Waals surface area (Å²) in [6.45, 7) is 1.74. The molecular formula is C10H13FO3. The van der Waals surface area contributed by atoms with Crippen LogP contribution in [0.3, 0.4) is 0 Å². The van der Waals surface area contributed by atoms with Crippen molar-refractivity contribution >= 4 is 0 Å². The molecule has 0 aromatic heterocycles. The van der Waals surface area contributed by atoms with Crippen molar-refractivity contribution in [2.24, 2.45) is 0 Å². The van der Waals surface area contributed by atoms with Crippen LogP contribution in [0.15, 0.2) is 6.07 Å². The zero-order valence-electron chi connectivity index (χ0n) is 8.68. The van der Waals surface area contributed by atoms with E-state index in [1.54, 1.807) is 6.92 Å².